The quantitative estimate of drug-likeness (QED) is 0.836. The molecule has 2 rings (SSSR count). The van der Waals surface area contributed by atoms with Gasteiger partial charge in [0.25, 0.3) is 0 Å². The fourth-order valence-corrected chi connectivity index (χ4v) is 2.11. The molecule has 4 heteroatoms. The van der Waals surface area contributed by atoms with Gasteiger partial charge in [-0.15, -0.1) is 0 Å². The van der Waals surface area contributed by atoms with Crippen molar-refractivity contribution in [2.75, 3.05) is 18.5 Å². The summed E-state index contributed by atoms with van der Waals surface area (Å²) in [5.74, 6) is -0.769. The standard InChI is InChI=1S/C13H17NO3/c1-9-3-2-4-11(7-9)14-12(13(15)16)10-5-6-17-8-10/h2-4,7,10,12,14H,5-6,8H2,1H3,(H,15,16). The topological polar surface area (TPSA) is 58.6 Å². The SMILES string of the molecule is Cc1cccc(NC(C(=O)O)C2CCOC2)c1. The second kappa shape index (κ2) is 5.19. The zero-order valence-corrected chi connectivity index (χ0v) is 9.85. The average Bonchev–Trinajstić information content (AvgIpc) is 2.78. The highest BCUT2D eigenvalue weighted by Crippen LogP contribution is 2.21. The molecular weight excluding hydrogens is 218 g/mol. The normalized spacial score (nSPS) is 21.1. The van der Waals surface area contributed by atoms with Crippen molar-refractivity contribution in [2.45, 2.75) is 19.4 Å². The molecule has 17 heavy (non-hydrogen) atoms. The third-order valence-corrected chi connectivity index (χ3v) is 3.04. The molecule has 1 aromatic rings. The molecule has 0 radical (unpaired) electrons. The number of benzene rings is 1. The largest absolute Gasteiger partial charge is 0.480 e. The molecule has 1 fully saturated rings. The van der Waals surface area contributed by atoms with Crippen LogP contribution in [0.1, 0.15) is 12.0 Å². The van der Waals surface area contributed by atoms with Gasteiger partial charge in [0.2, 0.25) is 0 Å². The highest BCUT2D eigenvalue weighted by Gasteiger charge is 2.31. The number of carboxylic acids is 1. The predicted molar refractivity (Wildman–Crippen MR) is 65.2 cm³/mol. The van der Waals surface area contributed by atoms with E-state index in [2.05, 4.69) is 5.32 Å². The lowest BCUT2D eigenvalue weighted by atomic mass is 9.99. The van der Waals surface area contributed by atoms with Gasteiger partial charge in [0.05, 0.1) is 6.61 Å². The van der Waals surface area contributed by atoms with Crippen molar-refractivity contribution in [3.63, 3.8) is 0 Å². The Balaban J connectivity index is 2.09. The summed E-state index contributed by atoms with van der Waals surface area (Å²) in [6, 6.07) is 7.17. The molecule has 2 N–H and O–H groups in total. The number of aliphatic carboxylic acids is 1. The van der Waals surface area contributed by atoms with E-state index < -0.39 is 12.0 Å². The van der Waals surface area contributed by atoms with Crippen LogP contribution >= 0.6 is 0 Å². The van der Waals surface area contributed by atoms with Gasteiger partial charge in [-0.3, -0.25) is 0 Å². The Labute approximate surface area is 101 Å². The first kappa shape index (κ1) is 11.9. The Hall–Kier alpha value is -1.55. The highest BCUT2D eigenvalue weighted by atomic mass is 16.5. The lowest BCUT2D eigenvalue weighted by Crippen LogP contribution is -2.37. The van der Waals surface area contributed by atoms with Crippen LogP contribution in [-0.4, -0.2) is 30.3 Å². The van der Waals surface area contributed by atoms with Crippen LogP contribution < -0.4 is 5.32 Å². The maximum Gasteiger partial charge on any atom is 0.326 e. The molecule has 0 amide bonds. The molecule has 2 unspecified atom stereocenters. The number of hydrogen-bond acceptors (Lipinski definition) is 3. The molecular formula is C13H17NO3. The lowest BCUT2D eigenvalue weighted by Gasteiger charge is -2.20. The van der Waals surface area contributed by atoms with Crippen LogP contribution in [0.25, 0.3) is 0 Å². The van der Waals surface area contributed by atoms with Crippen molar-refractivity contribution in [3.05, 3.63) is 29.8 Å². The fourth-order valence-electron chi connectivity index (χ4n) is 2.11. The summed E-state index contributed by atoms with van der Waals surface area (Å²) in [6.07, 6.45) is 0.801. The van der Waals surface area contributed by atoms with Gasteiger partial charge >= 0.3 is 5.97 Å². The van der Waals surface area contributed by atoms with Crippen molar-refractivity contribution < 1.29 is 14.6 Å². The fraction of sp³-hybridized carbons (Fsp3) is 0.462. The Morgan fingerprint density at radius 3 is 3.00 bits per heavy atom. The highest BCUT2D eigenvalue weighted by molar-refractivity contribution is 5.77. The second-order valence-corrected chi connectivity index (χ2v) is 4.45. The molecule has 0 aromatic heterocycles. The van der Waals surface area contributed by atoms with E-state index in [4.69, 9.17) is 4.74 Å². The van der Waals surface area contributed by atoms with Crippen molar-refractivity contribution >= 4 is 11.7 Å². The van der Waals surface area contributed by atoms with Gasteiger partial charge in [-0.05, 0) is 31.0 Å². The van der Waals surface area contributed by atoms with Gasteiger partial charge < -0.3 is 15.2 Å². The van der Waals surface area contributed by atoms with E-state index in [-0.39, 0.29) is 5.92 Å². The number of hydrogen-bond donors (Lipinski definition) is 2. The average molecular weight is 235 g/mol. The monoisotopic (exact) mass is 235 g/mol. The number of anilines is 1. The van der Waals surface area contributed by atoms with Crippen LogP contribution in [0.4, 0.5) is 5.69 Å². The molecule has 4 nitrogen and oxygen atoms in total. The summed E-state index contributed by atoms with van der Waals surface area (Å²) in [6.45, 7) is 3.17. The van der Waals surface area contributed by atoms with Crippen molar-refractivity contribution in [1.29, 1.82) is 0 Å². The van der Waals surface area contributed by atoms with Crippen LogP contribution in [-0.2, 0) is 9.53 Å². The van der Waals surface area contributed by atoms with E-state index in [1.54, 1.807) is 0 Å². The summed E-state index contributed by atoms with van der Waals surface area (Å²) in [5, 5.41) is 12.3. The lowest BCUT2D eigenvalue weighted by molar-refractivity contribution is -0.139. The van der Waals surface area contributed by atoms with Gasteiger partial charge in [-0.2, -0.15) is 0 Å². The van der Waals surface area contributed by atoms with Crippen LogP contribution in [0.5, 0.6) is 0 Å². The van der Waals surface area contributed by atoms with Crippen molar-refractivity contribution in [3.8, 4) is 0 Å². The number of nitrogens with one attached hydrogen (secondary N) is 1. The van der Waals surface area contributed by atoms with Crippen LogP contribution in [0, 0.1) is 12.8 Å². The third-order valence-electron chi connectivity index (χ3n) is 3.04. The van der Waals surface area contributed by atoms with E-state index in [9.17, 15) is 9.90 Å². The summed E-state index contributed by atoms with van der Waals surface area (Å²) >= 11 is 0. The summed E-state index contributed by atoms with van der Waals surface area (Å²) in [4.78, 5) is 11.3. The Bertz CT molecular complexity index is 399. The number of carbonyl (C=O) groups is 1. The van der Waals surface area contributed by atoms with Gasteiger partial charge in [0.1, 0.15) is 6.04 Å². The molecule has 1 aliphatic rings. The minimum atomic E-state index is -0.818. The molecule has 0 aliphatic carbocycles. The molecule has 0 spiro atoms. The van der Waals surface area contributed by atoms with E-state index in [0.717, 1.165) is 17.7 Å². The van der Waals surface area contributed by atoms with Gasteiger partial charge in [-0.25, -0.2) is 4.79 Å². The predicted octanol–water partition coefficient (Wildman–Crippen LogP) is 1.90. The smallest absolute Gasteiger partial charge is 0.326 e. The zero-order chi connectivity index (χ0) is 12.3. The van der Waals surface area contributed by atoms with Crippen molar-refractivity contribution in [2.24, 2.45) is 5.92 Å². The number of rotatable bonds is 4. The van der Waals surface area contributed by atoms with Gasteiger partial charge in [0.15, 0.2) is 0 Å². The Morgan fingerprint density at radius 1 is 1.59 bits per heavy atom. The van der Waals surface area contributed by atoms with E-state index in [1.165, 1.54) is 0 Å². The molecule has 1 aliphatic heterocycles. The van der Waals surface area contributed by atoms with Crippen LogP contribution in [0.2, 0.25) is 0 Å². The summed E-state index contributed by atoms with van der Waals surface area (Å²) in [7, 11) is 0. The Morgan fingerprint density at radius 2 is 2.41 bits per heavy atom. The number of carboxylic acid groups (broad SMARTS) is 1. The number of ether oxygens (including phenoxy) is 1. The Kier molecular flexibility index (Phi) is 3.64. The maximum absolute atomic E-state index is 11.3. The van der Waals surface area contributed by atoms with E-state index in [0.29, 0.717) is 13.2 Å². The second-order valence-electron chi connectivity index (χ2n) is 4.45. The van der Waals surface area contributed by atoms with E-state index >= 15 is 0 Å². The van der Waals surface area contributed by atoms with Gasteiger partial charge in [-0.1, -0.05) is 12.1 Å². The van der Waals surface area contributed by atoms with Crippen molar-refractivity contribution in [1.82, 2.24) is 0 Å². The first-order chi connectivity index (χ1) is 8.16. The molecule has 1 saturated heterocycles. The van der Waals surface area contributed by atoms with Gasteiger partial charge in [0, 0.05) is 18.2 Å². The molecule has 1 heterocycles. The number of aryl methyl sites for hydroxylation is 1. The summed E-state index contributed by atoms with van der Waals surface area (Å²) in [5.41, 5.74) is 1.96. The third kappa shape index (κ3) is 2.97. The first-order valence-electron chi connectivity index (χ1n) is 5.80. The maximum atomic E-state index is 11.3. The minimum Gasteiger partial charge on any atom is -0.480 e. The molecule has 2 atom stereocenters. The summed E-state index contributed by atoms with van der Waals surface area (Å²) < 4.78 is 5.25. The molecule has 0 saturated carbocycles. The van der Waals surface area contributed by atoms with Crippen LogP contribution in [0.15, 0.2) is 24.3 Å². The zero-order valence-electron chi connectivity index (χ0n) is 9.85. The molecule has 0 bridgehead atoms. The van der Waals surface area contributed by atoms with Crippen LogP contribution in [0.3, 0.4) is 0 Å². The van der Waals surface area contributed by atoms with E-state index in [1.807, 2.05) is 31.2 Å². The minimum absolute atomic E-state index is 0.0491. The first-order valence-corrected chi connectivity index (χ1v) is 5.80. The molecule has 1 aromatic carbocycles. The molecule has 92 valence electrons.